The first-order chi connectivity index (χ1) is 19.9. The topological polar surface area (TPSA) is 103 Å². The number of nitrogens with zero attached hydrogens (tertiary/aromatic N) is 6. The van der Waals surface area contributed by atoms with Gasteiger partial charge in [0.05, 0.1) is 29.7 Å². The number of ether oxygens (including phenoxy) is 1. The SMILES string of the molecule is C=Cc1cnc(Nc2cc(CC)c(N3CCC(N(C)C)C3)cc2OC)nc1Nc1ccc2nccnc2c1NSC. The van der Waals surface area contributed by atoms with E-state index in [9.17, 15) is 0 Å². The summed E-state index contributed by atoms with van der Waals surface area (Å²) in [6.07, 6.45) is 10.9. The van der Waals surface area contributed by atoms with Gasteiger partial charge in [-0.05, 0) is 50.7 Å². The van der Waals surface area contributed by atoms with E-state index in [1.165, 1.54) is 23.2 Å². The predicted octanol–water partition coefficient (Wildman–Crippen LogP) is 5.95. The number of rotatable bonds is 11. The van der Waals surface area contributed by atoms with E-state index in [2.05, 4.69) is 79.8 Å². The molecule has 11 heteroatoms. The van der Waals surface area contributed by atoms with Crippen molar-refractivity contribution in [2.75, 3.05) is 60.8 Å². The Morgan fingerprint density at radius 1 is 1.15 bits per heavy atom. The van der Waals surface area contributed by atoms with Crippen LogP contribution in [0, 0.1) is 0 Å². The number of aromatic nitrogens is 4. The summed E-state index contributed by atoms with van der Waals surface area (Å²) in [6, 6.07) is 8.73. The minimum atomic E-state index is 0.444. The molecule has 0 saturated carbocycles. The lowest BCUT2D eigenvalue weighted by atomic mass is 10.1. The van der Waals surface area contributed by atoms with Crippen LogP contribution in [-0.4, -0.2) is 71.4 Å². The molecule has 2 aromatic carbocycles. The lowest BCUT2D eigenvalue weighted by molar-refractivity contribution is 0.315. The molecule has 0 amide bonds. The minimum absolute atomic E-state index is 0.444. The normalized spacial score (nSPS) is 14.9. The van der Waals surface area contributed by atoms with E-state index in [4.69, 9.17) is 9.72 Å². The maximum absolute atomic E-state index is 5.84. The fourth-order valence-electron chi connectivity index (χ4n) is 5.14. The Labute approximate surface area is 245 Å². The van der Waals surface area contributed by atoms with Gasteiger partial charge in [0.15, 0.2) is 0 Å². The summed E-state index contributed by atoms with van der Waals surface area (Å²) in [5.41, 5.74) is 7.27. The van der Waals surface area contributed by atoms with Crippen molar-refractivity contribution >= 4 is 63.6 Å². The van der Waals surface area contributed by atoms with Crippen molar-refractivity contribution in [2.24, 2.45) is 0 Å². The lowest BCUT2D eigenvalue weighted by Crippen LogP contribution is -2.31. The monoisotopic (exact) mass is 571 g/mol. The predicted molar refractivity (Wildman–Crippen MR) is 172 cm³/mol. The van der Waals surface area contributed by atoms with Crippen LogP contribution in [0.5, 0.6) is 5.75 Å². The maximum atomic E-state index is 5.84. The highest BCUT2D eigenvalue weighted by molar-refractivity contribution is 7.99. The van der Waals surface area contributed by atoms with Crippen LogP contribution < -0.4 is 25.0 Å². The highest BCUT2D eigenvalue weighted by atomic mass is 32.2. The molecule has 4 aromatic rings. The highest BCUT2D eigenvalue weighted by Crippen LogP contribution is 2.38. The third-order valence-corrected chi connectivity index (χ3v) is 7.81. The van der Waals surface area contributed by atoms with Crippen LogP contribution in [0.1, 0.15) is 24.5 Å². The van der Waals surface area contributed by atoms with E-state index in [1.54, 1.807) is 31.8 Å². The molecule has 1 fully saturated rings. The molecule has 1 aliphatic heterocycles. The van der Waals surface area contributed by atoms with Crippen LogP contribution in [0.4, 0.5) is 34.5 Å². The second kappa shape index (κ2) is 12.6. The van der Waals surface area contributed by atoms with E-state index < -0.39 is 0 Å². The van der Waals surface area contributed by atoms with Crippen molar-refractivity contribution in [1.29, 1.82) is 0 Å². The van der Waals surface area contributed by atoms with Gasteiger partial charge in [-0.15, -0.1) is 0 Å². The maximum Gasteiger partial charge on any atom is 0.229 e. The molecular formula is C30H37N9OS. The van der Waals surface area contributed by atoms with E-state index >= 15 is 0 Å². The number of aryl methyl sites for hydroxylation is 1. The van der Waals surface area contributed by atoms with Gasteiger partial charge in [-0.1, -0.05) is 31.5 Å². The Balaban J connectivity index is 1.46. The first-order valence-corrected chi connectivity index (χ1v) is 14.9. The van der Waals surface area contributed by atoms with Crippen LogP contribution in [0.15, 0.2) is 49.4 Å². The van der Waals surface area contributed by atoms with Crippen LogP contribution in [-0.2, 0) is 6.42 Å². The first-order valence-electron chi connectivity index (χ1n) is 13.6. The molecule has 0 bridgehead atoms. The molecule has 3 N–H and O–H groups in total. The number of fused-ring (bicyclic) bond motifs is 1. The summed E-state index contributed by atoms with van der Waals surface area (Å²) in [5, 5.41) is 6.86. The van der Waals surface area contributed by atoms with Crippen LogP contribution >= 0.6 is 11.9 Å². The Morgan fingerprint density at radius 2 is 1.98 bits per heavy atom. The number of anilines is 6. The molecule has 214 valence electrons. The fraction of sp³-hybridized carbons (Fsp3) is 0.333. The Hall–Kier alpha value is -4.09. The Morgan fingerprint density at radius 3 is 2.68 bits per heavy atom. The van der Waals surface area contributed by atoms with Gasteiger partial charge in [0, 0.05) is 61.3 Å². The van der Waals surface area contributed by atoms with Crippen molar-refractivity contribution in [3.05, 3.63) is 60.6 Å². The smallest absolute Gasteiger partial charge is 0.229 e. The summed E-state index contributed by atoms with van der Waals surface area (Å²) in [7, 11) is 5.99. The third-order valence-electron chi connectivity index (χ3n) is 7.40. The van der Waals surface area contributed by atoms with E-state index in [0.29, 0.717) is 17.8 Å². The molecule has 0 spiro atoms. The number of benzene rings is 2. The van der Waals surface area contributed by atoms with Gasteiger partial charge in [-0.2, -0.15) is 4.98 Å². The van der Waals surface area contributed by atoms with Gasteiger partial charge in [-0.3, -0.25) is 9.97 Å². The molecule has 1 aliphatic rings. The zero-order valence-corrected chi connectivity index (χ0v) is 25.0. The highest BCUT2D eigenvalue weighted by Gasteiger charge is 2.26. The average Bonchev–Trinajstić information content (AvgIpc) is 3.49. The second-order valence-corrected chi connectivity index (χ2v) is 10.7. The minimum Gasteiger partial charge on any atom is -0.494 e. The zero-order valence-electron chi connectivity index (χ0n) is 24.2. The molecule has 2 aromatic heterocycles. The molecule has 3 heterocycles. The number of hydrogen-bond acceptors (Lipinski definition) is 11. The van der Waals surface area contributed by atoms with Gasteiger partial charge in [0.1, 0.15) is 17.1 Å². The molecule has 1 unspecified atom stereocenters. The molecule has 1 saturated heterocycles. The summed E-state index contributed by atoms with van der Waals surface area (Å²) < 4.78 is 9.18. The molecule has 0 aliphatic carbocycles. The van der Waals surface area contributed by atoms with E-state index in [-0.39, 0.29) is 0 Å². The first kappa shape index (κ1) is 28.4. The standard InChI is InChI=1S/C30H37N9OS/c1-7-19-15-24(26(40-5)16-25(19)39-14-11-21(18-39)38(3)4)35-30-33-17-20(8-2)29(36-30)34-23-10-9-22-27(28(23)37-41-6)32-13-12-31-22/h8-10,12-13,15-17,21,37H,2,7,11,14,18H2,1,3-6H3,(H2,33,34,35,36). The van der Waals surface area contributed by atoms with Crippen LogP contribution in [0.2, 0.25) is 0 Å². The summed E-state index contributed by atoms with van der Waals surface area (Å²) in [5.74, 6) is 1.80. The number of nitrogens with one attached hydrogen (secondary N) is 3. The summed E-state index contributed by atoms with van der Waals surface area (Å²) in [4.78, 5) is 23.1. The summed E-state index contributed by atoms with van der Waals surface area (Å²) >= 11 is 1.49. The Kier molecular flexibility index (Phi) is 8.75. The number of likely N-dealkylation sites (N-methyl/N-ethyl adjacent to an activating group) is 1. The van der Waals surface area contributed by atoms with Gasteiger partial charge in [-0.25, -0.2) is 4.98 Å². The molecule has 5 rings (SSSR count). The third kappa shape index (κ3) is 6.01. The lowest BCUT2D eigenvalue weighted by Gasteiger charge is -2.25. The largest absolute Gasteiger partial charge is 0.494 e. The molecule has 0 radical (unpaired) electrons. The van der Waals surface area contributed by atoms with Crippen molar-refractivity contribution in [2.45, 2.75) is 25.8 Å². The van der Waals surface area contributed by atoms with Crippen molar-refractivity contribution in [3.8, 4) is 5.75 Å². The quantitative estimate of drug-likeness (QED) is 0.186. The molecule has 41 heavy (non-hydrogen) atoms. The summed E-state index contributed by atoms with van der Waals surface area (Å²) in [6.45, 7) is 8.17. The molecule has 10 nitrogen and oxygen atoms in total. The van der Waals surface area contributed by atoms with Crippen molar-refractivity contribution in [3.63, 3.8) is 0 Å². The van der Waals surface area contributed by atoms with Gasteiger partial charge < -0.3 is 29.9 Å². The van der Waals surface area contributed by atoms with E-state index in [0.717, 1.165) is 65.3 Å². The average molecular weight is 572 g/mol. The molecule has 1 atom stereocenters. The zero-order chi connectivity index (χ0) is 28.9. The van der Waals surface area contributed by atoms with Crippen LogP contribution in [0.3, 0.4) is 0 Å². The van der Waals surface area contributed by atoms with Crippen LogP contribution in [0.25, 0.3) is 17.1 Å². The van der Waals surface area contributed by atoms with Crippen molar-refractivity contribution < 1.29 is 4.74 Å². The Bertz CT molecular complexity index is 1540. The van der Waals surface area contributed by atoms with E-state index in [1.807, 2.05) is 18.4 Å². The van der Waals surface area contributed by atoms with Gasteiger partial charge >= 0.3 is 0 Å². The van der Waals surface area contributed by atoms with Gasteiger partial charge in [0.25, 0.3) is 0 Å². The number of hydrogen-bond donors (Lipinski definition) is 3. The van der Waals surface area contributed by atoms with Gasteiger partial charge in [0.2, 0.25) is 5.95 Å². The second-order valence-electron chi connectivity index (χ2n) is 10.1. The fourth-order valence-corrected chi connectivity index (χ4v) is 5.55. The molecular weight excluding hydrogens is 534 g/mol. The number of methoxy groups -OCH3 is 1. The van der Waals surface area contributed by atoms with Crippen molar-refractivity contribution in [1.82, 2.24) is 24.8 Å².